The Bertz CT molecular complexity index is 1940. The topological polar surface area (TPSA) is 140 Å². The number of benzene rings is 1. The number of nitrogens with one attached hydrogen (secondary N) is 1. The lowest BCUT2D eigenvalue weighted by Crippen LogP contribution is -2.29. The highest BCUT2D eigenvalue weighted by atomic mass is 32.2. The lowest BCUT2D eigenvalue weighted by Gasteiger charge is -2.29. The summed E-state index contributed by atoms with van der Waals surface area (Å²) in [6.45, 7) is 0.127. The van der Waals surface area contributed by atoms with E-state index in [2.05, 4.69) is 26.0 Å². The average Bonchev–Trinajstić information content (AvgIpc) is 3.35. The highest BCUT2D eigenvalue weighted by molar-refractivity contribution is 7.90. The number of pyridine rings is 1. The van der Waals surface area contributed by atoms with Gasteiger partial charge in [0, 0.05) is 36.3 Å². The summed E-state index contributed by atoms with van der Waals surface area (Å²) in [4.78, 5) is 22.1. The summed E-state index contributed by atoms with van der Waals surface area (Å²) in [6, 6.07) is 12.8. The number of hydrogen-bond donors (Lipinski definition) is 1. The predicted octanol–water partition coefficient (Wildman–Crippen LogP) is 4.41. The van der Waals surface area contributed by atoms with Crippen LogP contribution >= 0.6 is 0 Å². The molecule has 0 unspecified atom stereocenters. The molecule has 1 aromatic carbocycles. The molecule has 0 spiro atoms. The maximum absolute atomic E-state index is 13.5. The van der Waals surface area contributed by atoms with Gasteiger partial charge in [0.15, 0.2) is 5.65 Å². The van der Waals surface area contributed by atoms with Crippen LogP contribution in [0.4, 0.5) is 0 Å². The zero-order valence-corrected chi connectivity index (χ0v) is 23.7. The summed E-state index contributed by atoms with van der Waals surface area (Å²) in [5, 5.41) is 17.4. The van der Waals surface area contributed by atoms with Crippen molar-refractivity contribution in [3.8, 4) is 17.5 Å². The lowest BCUT2D eigenvalue weighted by molar-refractivity contribution is -0.122. The third-order valence-electron chi connectivity index (χ3n) is 8.33. The van der Waals surface area contributed by atoms with Crippen LogP contribution in [-0.4, -0.2) is 48.7 Å². The highest BCUT2D eigenvalue weighted by Crippen LogP contribution is 2.40. The van der Waals surface area contributed by atoms with E-state index < -0.39 is 10.0 Å². The molecule has 5 aromatic rings. The lowest BCUT2D eigenvalue weighted by atomic mass is 9.84. The summed E-state index contributed by atoms with van der Waals surface area (Å²) in [5.41, 5.74) is 2.59. The Morgan fingerprint density at radius 2 is 1.83 bits per heavy atom. The summed E-state index contributed by atoms with van der Waals surface area (Å²) >= 11 is 0. The zero-order chi connectivity index (χ0) is 28.8. The van der Waals surface area contributed by atoms with Crippen molar-refractivity contribution in [2.24, 2.45) is 5.92 Å². The van der Waals surface area contributed by atoms with Crippen molar-refractivity contribution in [2.75, 3.05) is 0 Å². The standard InChI is InChI=1S/C30H30N8O3S/c31-14-12-20-6-10-23(11-7-20)38-28-25-13-15-37(42(40,41)24-4-2-1-3-5-24)30(25)32-17-26(28)35-29(38)21-16-33-36(18-21)19-27(39)34-22-8-9-22/h1-5,13,15-18,20,22-23H,6-12,19H2,(H,34,39). The van der Waals surface area contributed by atoms with Gasteiger partial charge in [-0.05, 0) is 62.6 Å². The molecule has 0 aliphatic heterocycles. The summed E-state index contributed by atoms with van der Waals surface area (Å²) < 4.78 is 32.2. The van der Waals surface area contributed by atoms with Crippen molar-refractivity contribution < 1.29 is 13.2 Å². The fraction of sp³-hybridized carbons (Fsp3) is 0.367. The number of amides is 1. The number of hydrogen-bond acceptors (Lipinski definition) is 7. The number of imidazole rings is 1. The van der Waals surface area contributed by atoms with Gasteiger partial charge >= 0.3 is 0 Å². The molecule has 2 saturated carbocycles. The van der Waals surface area contributed by atoms with E-state index in [0.717, 1.165) is 49.6 Å². The van der Waals surface area contributed by atoms with Gasteiger partial charge in [-0.25, -0.2) is 22.4 Å². The first-order valence-corrected chi connectivity index (χ1v) is 15.7. The van der Waals surface area contributed by atoms with Crippen LogP contribution in [0, 0.1) is 17.2 Å². The largest absolute Gasteiger partial charge is 0.352 e. The van der Waals surface area contributed by atoms with Crippen LogP contribution in [0.3, 0.4) is 0 Å². The van der Waals surface area contributed by atoms with Gasteiger partial charge in [0.05, 0.1) is 34.4 Å². The van der Waals surface area contributed by atoms with Gasteiger partial charge in [-0.1, -0.05) is 18.2 Å². The first-order chi connectivity index (χ1) is 20.4. The molecule has 12 heteroatoms. The number of fused-ring (bicyclic) bond motifs is 3. The van der Waals surface area contributed by atoms with Gasteiger partial charge in [-0.3, -0.25) is 9.48 Å². The third-order valence-corrected chi connectivity index (χ3v) is 10.0. The smallest absolute Gasteiger partial charge is 0.269 e. The van der Waals surface area contributed by atoms with Crippen LogP contribution in [0.5, 0.6) is 0 Å². The number of aromatic nitrogens is 6. The molecular formula is C30H30N8O3S. The van der Waals surface area contributed by atoms with Crippen molar-refractivity contribution >= 4 is 38.0 Å². The van der Waals surface area contributed by atoms with E-state index in [9.17, 15) is 18.5 Å². The van der Waals surface area contributed by atoms with Crippen molar-refractivity contribution in [1.29, 1.82) is 5.26 Å². The van der Waals surface area contributed by atoms with Gasteiger partial charge in [-0.2, -0.15) is 10.4 Å². The van der Waals surface area contributed by atoms with Crippen molar-refractivity contribution in [3.63, 3.8) is 0 Å². The quantitative estimate of drug-likeness (QED) is 0.286. The minimum atomic E-state index is -3.86. The molecule has 0 atom stereocenters. The first-order valence-electron chi connectivity index (χ1n) is 14.3. The Hall–Kier alpha value is -4.50. The third kappa shape index (κ3) is 4.73. The second kappa shape index (κ2) is 10.4. The molecule has 0 radical (unpaired) electrons. The number of carbonyl (C=O) groups is 1. The summed E-state index contributed by atoms with van der Waals surface area (Å²) in [6.07, 6.45) is 12.9. The Labute approximate surface area is 242 Å². The number of nitriles is 1. The fourth-order valence-corrected chi connectivity index (χ4v) is 7.38. The Balaban J connectivity index is 1.33. The van der Waals surface area contributed by atoms with Crippen LogP contribution in [-0.2, 0) is 21.4 Å². The van der Waals surface area contributed by atoms with Crippen molar-refractivity contribution in [1.82, 2.24) is 33.6 Å². The summed E-state index contributed by atoms with van der Waals surface area (Å²) in [7, 11) is -3.86. The van der Waals surface area contributed by atoms with Crippen molar-refractivity contribution in [3.05, 3.63) is 61.2 Å². The maximum atomic E-state index is 13.5. The Kier molecular flexibility index (Phi) is 6.54. The Morgan fingerprint density at radius 3 is 2.57 bits per heavy atom. The number of rotatable bonds is 8. The van der Waals surface area contributed by atoms with E-state index in [4.69, 9.17) is 4.98 Å². The molecule has 11 nitrogen and oxygen atoms in total. The first kappa shape index (κ1) is 26.4. The molecule has 42 heavy (non-hydrogen) atoms. The van der Waals surface area contributed by atoms with E-state index in [-0.39, 0.29) is 29.4 Å². The summed E-state index contributed by atoms with van der Waals surface area (Å²) in [5.74, 6) is 1.01. The van der Waals surface area contributed by atoms with E-state index in [1.54, 1.807) is 59.7 Å². The van der Waals surface area contributed by atoms with Crippen LogP contribution < -0.4 is 5.32 Å². The zero-order valence-electron chi connectivity index (χ0n) is 22.9. The van der Waals surface area contributed by atoms with Crippen LogP contribution in [0.15, 0.2) is 66.1 Å². The highest BCUT2D eigenvalue weighted by Gasteiger charge is 2.29. The fourth-order valence-electron chi connectivity index (χ4n) is 6.06. The molecule has 214 valence electrons. The van der Waals surface area contributed by atoms with Crippen LogP contribution in [0.2, 0.25) is 0 Å². The molecule has 7 rings (SSSR count). The number of carbonyl (C=O) groups excluding carboxylic acids is 1. The molecule has 2 aliphatic rings. The molecular weight excluding hydrogens is 552 g/mol. The molecule has 0 saturated heterocycles. The molecule has 4 heterocycles. The van der Waals surface area contributed by atoms with Gasteiger partial charge in [-0.15, -0.1) is 0 Å². The van der Waals surface area contributed by atoms with Crippen molar-refractivity contribution in [2.45, 2.75) is 68.5 Å². The average molecular weight is 583 g/mol. The predicted molar refractivity (Wildman–Crippen MR) is 156 cm³/mol. The molecule has 2 fully saturated rings. The van der Waals surface area contributed by atoms with Gasteiger partial charge < -0.3 is 9.88 Å². The Morgan fingerprint density at radius 1 is 1.05 bits per heavy atom. The molecule has 1 N–H and O–H groups in total. The second-order valence-corrected chi connectivity index (χ2v) is 13.1. The molecule has 2 aliphatic carbocycles. The minimum Gasteiger partial charge on any atom is -0.352 e. The molecule has 4 aromatic heterocycles. The second-order valence-electron chi connectivity index (χ2n) is 11.3. The maximum Gasteiger partial charge on any atom is 0.269 e. The molecule has 1 amide bonds. The number of nitrogens with zero attached hydrogens (tertiary/aromatic N) is 7. The van der Waals surface area contributed by atoms with E-state index in [1.165, 1.54) is 3.97 Å². The monoisotopic (exact) mass is 582 g/mol. The normalized spacial score (nSPS) is 19.2. The van der Waals surface area contributed by atoms with Gasteiger partial charge in [0.25, 0.3) is 10.0 Å². The van der Waals surface area contributed by atoms with E-state index >= 15 is 0 Å². The SMILES string of the molecule is N#CCC1CCC(n2c(-c3cnn(CC(=O)NC4CC4)c3)nc3cnc4c(ccn4S(=O)(=O)c4ccccc4)c32)CC1. The van der Waals surface area contributed by atoms with E-state index in [0.29, 0.717) is 34.7 Å². The van der Waals surface area contributed by atoms with Gasteiger partial charge in [0.1, 0.15) is 17.9 Å². The molecule has 0 bridgehead atoms. The van der Waals surface area contributed by atoms with Crippen LogP contribution in [0.25, 0.3) is 33.5 Å². The van der Waals surface area contributed by atoms with E-state index in [1.807, 2.05) is 6.20 Å². The van der Waals surface area contributed by atoms with Gasteiger partial charge in [0.2, 0.25) is 5.91 Å². The van der Waals surface area contributed by atoms with Crippen LogP contribution in [0.1, 0.15) is 51.0 Å². The minimum absolute atomic E-state index is 0.0664.